The summed E-state index contributed by atoms with van der Waals surface area (Å²) in [6.07, 6.45) is 12.7. The Morgan fingerprint density at radius 2 is 1.53 bits per heavy atom. The second kappa shape index (κ2) is 12.6. The van der Waals surface area contributed by atoms with Crippen LogP contribution < -0.4 is 0 Å². The second-order valence-corrected chi connectivity index (χ2v) is 5.19. The molecule has 1 fully saturated rings. The van der Waals surface area contributed by atoms with Gasteiger partial charge in [-0.3, -0.25) is 0 Å². The highest BCUT2D eigenvalue weighted by Crippen LogP contribution is 2.09. The van der Waals surface area contributed by atoms with E-state index in [0.717, 1.165) is 19.8 Å². The van der Waals surface area contributed by atoms with Crippen LogP contribution >= 0.6 is 0 Å². The predicted octanol–water partition coefficient (Wildman–Crippen LogP) is 3.73. The van der Waals surface area contributed by atoms with E-state index in [1.807, 2.05) is 6.08 Å². The lowest BCUT2D eigenvalue weighted by Gasteiger charge is -2.05. The van der Waals surface area contributed by atoms with Crippen LogP contribution in [0.4, 0.5) is 0 Å². The average Bonchev–Trinajstić information content (AvgIpc) is 3.23. The van der Waals surface area contributed by atoms with E-state index in [2.05, 4.69) is 6.58 Å². The quantitative estimate of drug-likeness (QED) is 0.258. The van der Waals surface area contributed by atoms with Crippen LogP contribution in [0.3, 0.4) is 0 Å². The van der Waals surface area contributed by atoms with Gasteiger partial charge in [0.1, 0.15) is 6.10 Å². The van der Waals surface area contributed by atoms with Crippen LogP contribution in [0.25, 0.3) is 0 Å². The molecule has 0 aromatic carbocycles. The zero-order chi connectivity index (χ0) is 13.6. The van der Waals surface area contributed by atoms with Gasteiger partial charge in [0.25, 0.3) is 0 Å². The molecule has 0 aromatic rings. The monoisotopic (exact) mass is 270 g/mol. The molecule has 0 spiro atoms. The molecular weight excluding hydrogens is 240 g/mol. The van der Waals surface area contributed by atoms with Crippen molar-refractivity contribution in [3.05, 3.63) is 12.7 Å². The Balaban J connectivity index is 1.61. The Bertz CT molecular complexity index is 202. The minimum Gasteiger partial charge on any atom is -0.379 e. The van der Waals surface area contributed by atoms with Gasteiger partial charge in [0.05, 0.1) is 26.4 Å². The van der Waals surface area contributed by atoms with Crippen molar-refractivity contribution in [1.29, 1.82) is 0 Å². The van der Waals surface area contributed by atoms with Crippen molar-refractivity contribution in [3.63, 3.8) is 0 Å². The Morgan fingerprint density at radius 1 is 0.895 bits per heavy atom. The molecule has 0 aliphatic carbocycles. The number of allylic oxidation sites excluding steroid dienone is 1. The van der Waals surface area contributed by atoms with Gasteiger partial charge in [-0.25, -0.2) is 0 Å². The summed E-state index contributed by atoms with van der Waals surface area (Å²) < 4.78 is 16.0. The van der Waals surface area contributed by atoms with E-state index in [4.69, 9.17) is 14.2 Å². The van der Waals surface area contributed by atoms with Gasteiger partial charge < -0.3 is 14.2 Å². The van der Waals surface area contributed by atoms with Crippen LogP contribution in [-0.2, 0) is 14.2 Å². The van der Waals surface area contributed by atoms with Gasteiger partial charge >= 0.3 is 0 Å². The first-order valence-electron chi connectivity index (χ1n) is 7.81. The summed E-state index contributed by atoms with van der Waals surface area (Å²) in [6, 6.07) is 0. The molecule has 1 rings (SSSR count). The summed E-state index contributed by atoms with van der Waals surface area (Å²) in [5.74, 6) is 0. The molecule has 1 saturated heterocycles. The first-order chi connectivity index (χ1) is 9.43. The van der Waals surface area contributed by atoms with Gasteiger partial charge in [-0.1, -0.05) is 38.2 Å². The molecule has 3 nitrogen and oxygen atoms in total. The summed E-state index contributed by atoms with van der Waals surface area (Å²) >= 11 is 0. The van der Waals surface area contributed by atoms with E-state index < -0.39 is 0 Å². The zero-order valence-electron chi connectivity index (χ0n) is 12.3. The molecule has 0 bridgehead atoms. The molecule has 3 heteroatoms. The first-order valence-corrected chi connectivity index (χ1v) is 7.81. The number of unbranched alkanes of at least 4 members (excludes halogenated alkanes) is 7. The van der Waals surface area contributed by atoms with Crippen LogP contribution in [0, 0.1) is 0 Å². The van der Waals surface area contributed by atoms with Crippen LogP contribution in [0.5, 0.6) is 0 Å². The van der Waals surface area contributed by atoms with Crippen molar-refractivity contribution < 1.29 is 14.2 Å². The Morgan fingerprint density at radius 3 is 2.21 bits per heavy atom. The second-order valence-electron chi connectivity index (χ2n) is 5.19. The molecule has 0 saturated carbocycles. The Labute approximate surface area is 118 Å². The molecular formula is C16H30O3. The normalized spacial score (nSPS) is 17.6. The van der Waals surface area contributed by atoms with Gasteiger partial charge in [0, 0.05) is 6.61 Å². The number of hydrogen-bond donors (Lipinski definition) is 0. The van der Waals surface area contributed by atoms with E-state index in [0.29, 0.717) is 19.3 Å². The fraction of sp³-hybridized carbons (Fsp3) is 0.875. The number of hydrogen-bond acceptors (Lipinski definition) is 3. The third-order valence-corrected chi connectivity index (χ3v) is 3.28. The molecule has 1 atom stereocenters. The molecule has 1 aliphatic rings. The Hall–Kier alpha value is -0.380. The van der Waals surface area contributed by atoms with Gasteiger partial charge in [-0.15, -0.1) is 6.58 Å². The van der Waals surface area contributed by atoms with Gasteiger partial charge in [0.2, 0.25) is 0 Å². The first kappa shape index (κ1) is 16.7. The van der Waals surface area contributed by atoms with Crippen molar-refractivity contribution in [1.82, 2.24) is 0 Å². The van der Waals surface area contributed by atoms with Gasteiger partial charge in [-0.05, 0) is 19.3 Å². The minimum atomic E-state index is 0.367. The summed E-state index contributed by atoms with van der Waals surface area (Å²) in [5.41, 5.74) is 0. The molecule has 112 valence electrons. The van der Waals surface area contributed by atoms with Crippen molar-refractivity contribution in [2.75, 3.05) is 33.0 Å². The average molecular weight is 270 g/mol. The van der Waals surface area contributed by atoms with E-state index in [-0.39, 0.29) is 0 Å². The SMILES string of the molecule is C=CCCCCCCCCCOCCOCC1CO1. The number of rotatable bonds is 15. The lowest BCUT2D eigenvalue weighted by molar-refractivity contribution is 0.0405. The highest BCUT2D eigenvalue weighted by Gasteiger charge is 2.21. The summed E-state index contributed by atoms with van der Waals surface area (Å²) in [7, 11) is 0. The van der Waals surface area contributed by atoms with Gasteiger partial charge in [-0.2, -0.15) is 0 Å². The topological polar surface area (TPSA) is 31.0 Å². The molecule has 19 heavy (non-hydrogen) atoms. The highest BCUT2D eigenvalue weighted by atomic mass is 16.6. The van der Waals surface area contributed by atoms with Crippen molar-refractivity contribution in [2.24, 2.45) is 0 Å². The third-order valence-electron chi connectivity index (χ3n) is 3.28. The van der Waals surface area contributed by atoms with Crippen molar-refractivity contribution in [2.45, 2.75) is 57.5 Å². The van der Waals surface area contributed by atoms with Crippen molar-refractivity contribution in [3.8, 4) is 0 Å². The van der Waals surface area contributed by atoms with Crippen LogP contribution in [0.2, 0.25) is 0 Å². The molecule has 0 aromatic heterocycles. The van der Waals surface area contributed by atoms with Gasteiger partial charge in [0.15, 0.2) is 0 Å². The van der Waals surface area contributed by atoms with Crippen LogP contribution in [0.15, 0.2) is 12.7 Å². The van der Waals surface area contributed by atoms with E-state index >= 15 is 0 Å². The smallest absolute Gasteiger partial charge is 0.104 e. The molecule has 0 radical (unpaired) electrons. The summed E-state index contributed by atoms with van der Waals surface area (Å²) in [4.78, 5) is 0. The third kappa shape index (κ3) is 12.4. The van der Waals surface area contributed by atoms with Crippen LogP contribution in [-0.4, -0.2) is 39.1 Å². The largest absolute Gasteiger partial charge is 0.379 e. The summed E-state index contributed by atoms with van der Waals surface area (Å²) in [6.45, 7) is 7.63. The maximum Gasteiger partial charge on any atom is 0.104 e. The minimum absolute atomic E-state index is 0.367. The maximum atomic E-state index is 5.52. The van der Waals surface area contributed by atoms with Crippen molar-refractivity contribution >= 4 is 0 Å². The maximum absolute atomic E-state index is 5.52. The van der Waals surface area contributed by atoms with E-state index in [1.54, 1.807) is 0 Å². The molecule has 1 unspecified atom stereocenters. The lowest BCUT2D eigenvalue weighted by atomic mass is 10.1. The fourth-order valence-corrected chi connectivity index (χ4v) is 1.98. The Kier molecular flexibility index (Phi) is 11.1. The number of epoxide rings is 1. The molecule has 1 aliphatic heterocycles. The van der Waals surface area contributed by atoms with E-state index in [9.17, 15) is 0 Å². The molecule has 0 amide bonds. The number of ether oxygens (including phenoxy) is 3. The lowest BCUT2D eigenvalue weighted by Crippen LogP contribution is -2.08. The fourth-order valence-electron chi connectivity index (χ4n) is 1.98. The zero-order valence-corrected chi connectivity index (χ0v) is 12.3. The van der Waals surface area contributed by atoms with Crippen LogP contribution in [0.1, 0.15) is 51.4 Å². The standard InChI is InChI=1S/C16H30O3/c1-2-3-4-5-6-7-8-9-10-11-17-12-13-18-14-16-15-19-16/h2,16H,1,3-15H2. The summed E-state index contributed by atoms with van der Waals surface area (Å²) in [5, 5.41) is 0. The predicted molar refractivity (Wildman–Crippen MR) is 78.5 cm³/mol. The molecule has 0 N–H and O–H groups in total. The highest BCUT2D eigenvalue weighted by molar-refractivity contribution is 4.67. The molecule has 1 heterocycles. The van der Waals surface area contributed by atoms with E-state index in [1.165, 1.54) is 51.4 Å².